The second-order valence-corrected chi connectivity index (χ2v) is 8.91. The van der Waals surface area contributed by atoms with Crippen LogP contribution in [0.4, 0.5) is 5.82 Å². The molecule has 0 radical (unpaired) electrons. The lowest BCUT2D eigenvalue weighted by Gasteiger charge is -2.36. The summed E-state index contributed by atoms with van der Waals surface area (Å²) in [6.07, 6.45) is 1.92. The molecule has 8 nitrogen and oxygen atoms in total. The quantitative estimate of drug-likeness (QED) is 0.527. The third-order valence-electron chi connectivity index (χ3n) is 6.55. The van der Waals surface area contributed by atoms with Crippen molar-refractivity contribution >= 4 is 17.6 Å². The Labute approximate surface area is 205 Å². The smallest absolute Gasteiger partial charge is 0.254 e. The van der Waals surface area contributed by atoms with Crippen molar-refractivity contribution in [1.29, 1.82) is 0 Å². The van der Waals surface area contributed by atoms with Crippen molar-refractivity contribution < 1.29 is 14.3 Å². The number of hydrogen-bond donors (Lipinski definition) is 0. The Bertz CT molecular complexity index is 1170. The molecule has 0 N–H and O–H groups in total. The summed E-state index contributed by atoms with van der Waals surface area (Å²) in [5.41, 5.74) is 2.36. The van der Waals surface area contributed by atoms with Gasteiger partial charge >= 0.3 is 0 Å². The molecule has 0 bridgehead atoms. The van der Waals surface area contributed by atoms with Crippen LogP contribution in [-0.2, 0) is 4.79 Å². The van der Waals surface area contributed by atoms with Gasteiger partial charge in [-0.1, -0.05) is 30.3 Å². The molecule has 2 fully saturated rings. The molecule has 35 heavy (non-hydrogen) atoms. The average Bonchev–Trinajstić information content (AvgIpc) is 3.77. The Morgan fingerprint density at radius 1 is 0.943 bits per heavy atom. The van der Waals surface area contributed by atoms with Crippen molar-refractivity contribution in [3.05, 3.63) is 72.3 Å². The number of nitrogens with zero attached hydrogens (tertiary/aromatic N) is 5. The number of rotatable bonds is 7. The van der Waals surface area contributed by atoms with Gasteiger partial charge in [0.15, 0.2) is 5.82 Å². The number of carbonyl (C=O) groups is 2. The molecule has 180 valence electrons. The van der Waals surface area contributed by atoms with Crippen LogP contribution in [-0.4, -0.2) is 77.7 Å². The van der Waals surface area contributed by atoms with E-state index in [4.69, 9.17) is 4.74 Å². The van der Waals surface area contributed by atoms with Gasteiger partial charge in [-0.2, -0.15) is 0 Å². The Hall–Kier alpha value is -3.94. The molecule has 3 aromatic rings. The summed E-state index contributed by atoms with van der Waals surface area (Å²) in [5.74, 6) is 1.51. The lowest BCUT2D eigenvalue weighted by Crippen LogP contribution is -2.52. The number of anilines is 1. The first-order valence-electron chi connectivity index (χ1n) is 12.0. The van der Waals surface area contributed by atoms with Gasteiger partial charge in [-0.15, -0.1) is 10.2 Å². The standard InChI is InChI=1S/C27H29N5O3/c1-35-23-9-5-8-21(18-23)24-12-13-25(29-28-24)30-14-16-31(17-15-30)26(33)19-32(22-10-11-22)27(34)20-6-3-2-4-7-20/h2-9,12-13,18,22H,10-11,14-17,19H2,1H3. The van der Waals surface area contributed by atoms with Crippen LogP contribution in [0.1, 0.15) is 23.2 Å². The van der Waals surface area contributed by atoms with Crippen molar-refractivity contribution in [3.8, 4) is 17.0 Å². The molecule has 1 aliphatic carbocycles. The minimum atomic E-state index is -0.0634. The predicted octanol–water partition coefficient (Wildman–Crippen LogP) is 3.11. The van der Waals surface area contributed by atoms with Gasteiger partial charge in [-0.05, 0) is 49.2 Å². The number of methoxy groups -OCH3 is 1. The minimum Gasteiger partial charge on any atom is -0.497 e. The van der Waals surface area contributed by atoms with Crippen LogP contribution in [0.3, 0.4) is 0 Å². The lowest BCUT2D eigenvalue weighted by molar-refractivity contribution is -0.132. The van der Waals surface area contributed by atoms with Crippen LogP contribution in [0.25, 0.3) is 11.3 Å². The van der Waals surface area contributed by atoms with E-state index in [1.54, 1.807) is 12.0 Å². The molecule has 5 rings (SSSR count). The summed E-state index contributed by atoms with van der Waals surface area (Å²) >= 11 is 0. The topological polar surface area (TPSA) is 78.9 Å². The first-order valence-corrected chi connectivity index (χ1v) is 12.0. The third-order valence-corrected chi connectivity index (χ3v) is 6.55. The second-order valence-electron chi connectivity index (χ2n) is 8.91. The fourth-order valence-corrected chi connectivity index (χ4v) is 4.36. The fourth-order valence-electron chi connectivity index (χ4n) is 4.36. The molecule has 8 heteroatoms. The second kappa shape index (κ2) is 10.1. The molecular formula is C27H29N5O3. The van der Waals surface area contributed by atoms with E-state index < -0.39 is 0 Å². The lowest BCUT2D eigenvalue weighted by atomic mass is 10.1. The van der Waals surface area contributed by atoms with Crippen molar-refractivity contribution in [2.24, 2.45) is 0 Å². The normalized spacial score (nSPS) is 15.6. The number of hydrogen-bond acceptors (Lipinski definition) is 6. The summed E-state index contributed by atoms with van der Waals surface area (Å²) in [6, 6.07) is 21.0. The number of ether oxygens (including phenoxy) is 1. The van der Waals surface area contributed by atoms with Crippen molar-refractivity contribution in [2.45, 2.75) is 18.9 Å². The van der Waals surface area contributed by atoms with Gasteiger partial charge in [0.2, 0.25) is 5.91 Å². The van der Waals surface area contributed by atoms with Gasteiger partial charge in [0.25, 0.3) is 5.91 Å². The zero-order valence-electron chi connectivity index (χ0n) is 19.8. The minimum absolute atomic E-state index is 0.000267. The Kier molecular flexibility index (Phi) is 6.61. The Morgan fingerprint density at radius 2 is 1.71 bits per heavy atom. The monoisotopic (exact) mass is 471 g/mol. The molecule has 0 unspecified atom stereocenters. The van der Waals surface area contributed by atoms with Crippen LogP contribution in [0.2, 0.25) is 0 Å². The SMILES string of the molecule is COc1cccc(-c2ccc(N3CCN(C(=O)CN(C(=O)c4ccccc4)C4CC4)CC3)nn2)c1. The maximum absolute atomic E-state index is 13.0. The van der Waals surface area contributed by atoms with E-state index in [1.165, 1.54) is 0 Å². The number of carbonyl (C=O) groups excluding carboxylic acids is 2. The molecule has 2 heterocycles. The molecule has 2 aliphatic rings. The van der Waals surface area contributed by atoms with Gasteiger partial charge in [-0.3, -0.25) is 9.59 Å². The van der Waals surface area contributed by atoms with E-state index in [0.717, 1.165) is 35.7 Å². The van der Waals surface area contributed by atoms with E-state index in [2.05, 4.69) is 15.1 Å². The summed E-state index contributed by atoms with van der Waals surface area (Å²) in [6.45, 7) is 2.67. The Balaban J connectivity index is 1.17. The molecular weight excluding hydrogens is 442 g/mol. The molecule has 1 saturated carbocycles. The number of amides is 2. The Morgan fingerprint density at radius 3 is 2.37 bits per heavy atom. The van der Waals surface area contributed by atoms with Gasteiger partial charge in [-0.25, -0.2) is 0 Å². The van der Waals surface area contributed by atoms with Gasteiger partial charge in [0.1, 0.15) is 12.3 Å². The highest BCUT2D eigenvalue weighted by Crippen LogP contribution is 2.28. The molecule has 0 atom stereocenters. The fraction of sp³-hybridized carbons (Fsp3) is 0.333. The number of piperazine rings is 1. The summed E-state index contributed by atoms with van der Waals surface area (Å²) in [7, 11) is 1.64. The van der Waals surface area contributed by atoms with Crippen LogP contribution in [0.15, 0.2) is 66.7 Å². The van der Waals surface area contributed by atoms with Crippen molar-refractivity contribution in [2.75, 3.05) is 44.7 Å². The molecule has 1 saturated heterocycles. The highest BCUT2D eigenvalue weighted by atomic mass is 16.5. The van der Waals surface area contributed by atoms with E-state index in [-0.39, 0.29) is 24.4 Å². The first kappa shape index (κ1) is 22.8. The van der Waals surface area contributed by atoms with Gasteiger partial charge in [0, 0.05) is 43.3 Å². The average molecular weight is 472 g/mol. The molecule has 1 aromatic heterocycles. The number of aromatic nitrogens is 2. The zero-order valence-corrected chi connectivity index (χ0v) is 19.8. The third kappa shape index (κ3) is 5.26. The molecule has 0 spiro atoms. The summed E-state index contributed by atoms with van der Waals surface area (Å²) in [5, 5.41) is 8.82. The van der Waals surface area contributed by atoms with E-state index in [9.17, 15) is 9.59 Å². The van der Waals surface area contributed by atoms with Crippen molar-refractivity contribution in [1.82, 2.24) is 20.0 Å². The van der Waals surface area contributed by atoms with Crippen LogP contribution >= 0.6 is 0 Å². The van der Waals surface area contributed by atoms with Crippen molar-refractivity contribution in [3.63, 3.8) is 0 Å². The first-order chi connectivity index (χ1) is 17.1. The van der Waals surface area contributed by atoms with Gasteiger partial charge in [0.05, 0.1) is 12.8 Å². The van der Waals surface area contributed by atoms with Crippen LogP contribution in [0, 0.1) is 0 Å². The maximum atomic E-state index is 13.0. The van der Waals surface area contributed by atoms with Gasteiger partial charge < -0.3 is 19.4 Å². The molecule has 2 amide bonds. The highest BCUT2D eigenvalue weighted by Gasteiger charge is 2.35. The maximum Gasteiger partial charge on any atom is 0.254 e. The zero-order chi connectivity index (χ0) is 24.2. The van der Waals surface area contributed by atoms with E-state index >= 15 is 0 Å². The highest BCUT2D eigenvalue weighted by molar-refractivity contribution is 5.97. The van der Waals surface area contributed by atoms with Crippen LogP contribution in [0.5, 0.6) is 5.75 Å². The largest absolute Gasteiger partial charge is 0.497 e. The summed E-state index contributed by atoms with van der Waals surface area (Å²) in [4.78, 5) is 31.8. The van der Waals surface area contributed by atoms with E-state index in [0.29, 0.717) is 31.7 Å². The van der Waals surface area contributed by atoms with Crippen LogP contribution < -0.4 is 9.64 Å². The number of benzene rings is 2. The predicted molar refractivity (Wildman–Crippen MR) is 133 cm³/mol. The van der Waals surface area contributed by atoms with E-state index in [1.807, 2.05) is 71.6 Å². The summed E-state index contributed by atoms with van der Waals surface area (Å²) < 4.78 is 5.29. The molecule has 2 aromatic carbocycles. The molecule has 1 aliphatic heterocycles.